The largest absolute Gasteiger partial charge is 0.383 e. The molecule has 0 saturated carbocycles. The Balaban J connectivity index is 1.61. The van der Waals surface area contributed by atoms with E-state index < -0.39 is 42.8 Å². The average Bonchev–Trinajstić information content (AvgIpc) is 3.17. The molecule has 1 aromatic carbocycles. The maximum Gasteiger partial charge on any atom is 0.328 e. The fourth-order valence-corrected chi connectivity index (χ4v) is 4.30. The molecule has 2 atom stereocenters. The van der Waals surface area contributed by atoms with Crippen LogP contribution < -0.4 is 5.69 Å². The van der Waals surface area contributed by atoms with E-state index in [9.17, 15) is 14.4 Å². The molecule has 8 nitrogen and oxygen atoms in total. The number of carbonyl (C=O) groups is 2. The van der Waals surface area contributed by atoms with Gasteiger partial charge in [0.05, 0.1) is 37.3 Å². The van der Waals surface area contributed by atoms with Crippen molar-refractivity contribution < 1.29 is 23.1 Å². The summed E-state index contributed by atoms with van der Waals surface area (Å²) in [6, 6.07) is 4.66. The minimum absolute atomic E-state index is 0.0966. The fraction of sp³-hybridized carbons (Fsp3) is 0.526. The van der Waals surface area contributed by atoms with E-state index in [1.807, 2.05) is 0 Å². The maximum absolute atomic E-state index is 15.4. The third-order valence-corrected chi connectivity index (χ3v) is 6.00. The number of methoxy groups -OCH3 is 1. The molecular formula is C19H22F2N4O4. The molecule has 2 saturated heterocycles. The minimum atomic E-state index is -2.76. The zero-order valence-electron chi connectivity index (χ0n) is 16.4. The van der Waals surface area contributed by atoms with E-state index in [1.165, 1.54) is 28.4 Å². The highest BCUT2D eigenvalue weighted by Crippen LogP contribution is 2.45. The number of nitrogens with zero attached hydrogens (tertiary/aromatic N) is 4. The van der Waals surface area contributed by atoms with Gasteiger partial charge in [-0.25, -0.2) is 13.6 Å². The Kier molecular flexibility index (Phi) is 4.30. The zero-order chi connectivity index (χ0) is 21.1. The summed E-state index contributed by atoms with van der Waals surface area (Å²) in [7, 11) is 4.64. The van der Waals surface area contributed by atoms with Crippen LogP contribution in [0.1, 0.15) is 10.4 Å². The van der Waals surface area contributed by atoms with Gasteiger partial charge in [0.1, 0.15) is 0 Å². The molecule has 0 bridgehead atoms. The molecule has 0 spiro atoms. The number of hydrogen-bond donors (Lipinski definition) is 0. The van der Waals surface area contributed by atoms with E-state index in [0.29, 0.717) is 11.0 Å². The molecule has 1 aromatic heterocycles. The van der Waals surface area contributed by atoms with Gasteiger partial charge in [-0.15, -0.1) is 0 Å². The smallest absolute Gasteiger partial charge is 0.328 e. The first-order valence-corrected chi connectivity index (χ1v) is 9.24. The number of hydrogen-bond acceptors (Lipinski definition) is 4. The minimum Gasteiger partial charge on any atom is -0.383 e. The summed E-state index contributed by atoms with van der Waals surface area (Å²) < 4.78 is 38.5. The summed E-state index contributed by atoms with van der Waals surface area (Å²) in [5.74, 6) is -1.53. The Labute approximate surface area is 165 Å². The second-order valence-corrected chi connectivity index (χ2v) is 7.75. The van der Waals surface area contributed by atoms with Crippen LogP contribution in [0, 0.1) is 0 Å². The number of benzene rings is 1. The van der Waals surface area contributed by atoms with Crippen molar-refractivity contribution >= 4 is 22.8 Å². The highest BCUT2D eigenvalue weighted by Gasteiger charge is 2.71. The Morgan fingerprint density at radius 3 is 2.45 bits per heavy atom. The van der Waals surface area contributed by atoms with Crippen LogP contribution in [0.25, 0.3) is 11.0 Å². The molecule has 0 aliphatic carbocycles. The van der Waals surface area contributed by atoms with Crippen LogP contribution in [-0.4, -0.2) is 82.0 Å². The van der Waals surface area contributed by atoms with E-state index in [-0.39, 0.29) is 24.4 Å². The second kappa shape index (κ2) is 6.38. The van der Waals surface area contributed by atoms with Crippen molar-refractivity contribution in [1.29, 1.82) is 0 Å². The van der Waals surface area contributed by atoms with Gasteiger partial charge in [0, 0.05) is 33.3 Å². The summed E-state index contributed by atoms with van der Waals surface area (Å²) in [6.07, 6.45) is 0. The molecule has 2 aliphatic rings. The third-order valence-electron chi connectivity index (χ3n) is 6.00. The van der Waals surface area contributed by atoms with Gasteiger partial charge in [0.2, 0.25) is 5.67 Å². The predicted molar refractivity (Wildman–Crippen MR) is 100 cm³/mol. The van der Waals surface area contributed by atoms with Crippen LogP contribution in [0.15, 0.2) is 23.0 Å². The van der Waals surface area contributed by atoms with Gasteiger partial charge in [-0.1, -0.05) is 0 Å². The SMILES string of the molecule is COCCN1C[C@]2(F)CN(C(=O)c3ccc4c(c3)n(C)c(=O)n4C)C[C@]2(F)C1=O. The summed E-state index contributed by atoms with van der Waals surface area (Å²) in [4.78, 5) is 39.6. The van der Waals surface area contributed by atoms with Gasteiger partial charge >= 0.3 is 5.69 Å². The number of fused-ring (bicyclic) bond motifs is 2. The number of rotatable bonds is 4. The number of likely N-dealkylation sites (tertiary alicyclic amines) is 2. The van der Waals surface area contributed by atoms with Crippen molar-refractivity contribution in [2.75, 3.05) is 39.9 Å². The Bertz CT molecular complexity index is 1080. The van der Waals surface area contributed by atoms with E-state index in [2.05, 4.69) is 0 Å². The Morgan fingerprint density at radius 1 is 1.10 bits per heavy atom. The molecule has 10 heteroatoms. The van der Waals surface area contributed by atoms with Crippen LogP contribution in [0.4, 0.5) is 8.78 Å². The Hall–Kier alpha value is -2.75. The molecule has 0 N–H and O–H groups in total. The van der Waals surface area contributed by atoms with Crippen molar-refractivity contribution in [3.05, 3.63) is 34.2 Å². The molecule has 2 amide bonds. The molecule has 4 rings (SSSR count). The molecule has 3 heterocycles. The first-order chi connectivity index (χ1) is 13.6. The van der Waals surface area contributed by atoms with Crippen molar-refractivity contribution in [1.82, 2.24) is 18.9 Å². The lowest BCUT2D eigenvalue weighted by atomic mass is 9.93. The van der Waals surface area contributed by atoms with E-state index >= 15 is 8.78 Å². The highest BCUT2D eigenvalue weighted by molar-refractivity contribution is 5.99. The number of alkyl halides is 2. The third kappa shape index (κ3) is 2.61. The van der Waals surface area contributed by atoms with Gasteiger partial charge in [0.25, 0.3) is 11.8 Å². The highest BCUT2D eigenvalue weighted by atomic mass is 19.2. The van der Waals surface area contributed by atoms with Crippen LogP contribution in [-0.2, 0) is 23.6 Å². The normalized spacial score (nSPS) is 26.6. The number of aromatic nitrogens is 2. The second-order valence-electron chi connectivity index (χ2n) is 7.75. The number of halogens is 2. The van der Waals surface area contributed by atoms with E-state index in [0.717, 1.165) is 9.80 Å². The lowest BCUT2D eigenvalue weighted by Crippen LogP contribution is -2.47. The van der Waals surface area contributed by atoms with Crippen molar-refractivity contribution in [3.8, 4) is 0 Å². The number of carbonyl (C=O) groups excluding carboxylic acids is 2. The molecular weight excluding hydrogens is 386 g/mol. The molecule has 2 aromatic rings. The first-order valence-electron chi connectivity index (χ1n) is 9.24. The van der Waals surface area contributed by atoms with Gasteiger partial charge in [-0.05, 0) is 18.2 Å². The maximum atomic E-state index is 15.4. The van der Waals surface area contributed by atoms with Crippen LogP contribution >= 0.6 is 0 Å². The summed E-state index contributed by atoms with van der Waals surface area (Å²) in [6.45, 7) is -1.29. The van der Waals surface area contributed by atoms with E-state index in [4.69, 9.17) is 4.74 Å². The van der Waals surface area contributed by atoms with Crippen LogP contribution in [0.2, 0.25) is 0 Å². The van der Waals surface area contributed by atoms with Gasteiger partial charge in [-0.2, -0.15) is 0 Å². The average molecular weight is 408 g/mol. The Morgan fingerprint density at radius 2 is 1.79 bits per heavy atom. The van der Waals surface area contributed by atoms with Crippen LogP contribution in [0.3, 0.4) is 0 Å². The van der Waals surface area contributed by atoms with Crippen molar-refractivity contribution in [2.45, 2.75) is 11.3 Å². The molecule has 2 aliphatic heterocycles. The molecule has 0 radical (unpaired) electrons. The van der Waals surface area contributed by atoms with Crippen LogP contribution in [0.5, 0.6) is 0 Å². The van der Waals surface area contributed by atoms with E-state index in [1.54, 1.807) is 20.2 Å². The quantitative estimate of drug-likeness (QED) is 0.726. The number of amides is 2. The molecule has 29 heavy (non-hydrogen) atoms. The zero-order valence-corrected chi connectivity index (χ0v) is 16.4. The summed E-state index contributed by atoms with van der Waals surface area (Å²) in [5.41, 5.74) is -4.09. The molecule has 156 valence electrons. The molecule has 2 fully saturated rings. The monoisotopic (exact) mass is 408 g/mol. The summed E-state index contributed by atoms with van der Waals surface area (Å²) >= 11 is 0. The summed E-state index contributed by atoms with van der Waals surface area (Å²) in [5, 5.41) is 0. The number of ether oxygens (including phenoxy) is 1. The predicted octanol–water partition coefficient (Wildman–Crippen LogP) is 0.238. The van der Waals surface area contributed by atoms with Gasteiger partial charge in [-0.3, -0.25) is 18.7 Å². The fourth-order valence-electron chi connectivity index (χ4n) is 4.30. The first kappa shape index (κ1) is 19.6. The molecule has 0 unspecified atom stereocenters. The lowest BCUT2D eigenvalue weighted by molar-refractivity contribution is -0.139. The lowest BCUT2D eigenvalue weighted by Gasteiger charge is -2.22. The topological polar surface area (TPSA) is 76.8 Å². The standard InChI is InChI=1S/C19H22F2N4O4/c1-22-13-5-4-12(8-14(13)23(2)17(22)28)15(26)25-10-18(20)9-24(6-7-29-3)16(27)19(18,21)11-25/h4-5,8H,6-7,9-11H2,1-3H3/t18-,19-/m0/s1. The number of imidazole rings is 1. The van der Waals surface area contributed by atoms with Gasteiger partial charge < -0.3 is 14.5 Å². The van der Waals surface area contributed by atoms with Crippen molar-refractivity contribution in [2.24, 2.45) is 14.1 Å². The number of aryl methyl sites for hydroxylation is 2. The van der Waals surface area contributed by atoms with Gasteiger partial charge in [0.15, 0.2) is 5.67 Å². The van der Waals surface area contributed by atoms with Crippen molar-refractivity contribution in [3.63, 3.8) is 0 Å².